The lowest BCUT2D eigenvalue weighted by Crippen LogP contribution is -2.69. The molecule has 25 atom stereocenters. The van der Waals surface area contributed by atoms with Crippen LogP contribution in [0.1, 0.15) is 39.0 Å². The van der Waals surface area contributed by atoms with Crippen LogP contribution in [0.3, 0.4) is 0 Å². The summed E-state index contributed by atoms with van der Waals surface area (Å²) in [5.74, 6) is -3.24. The molecule has 1 saturated carbocycles. The molecule has 10 unspecified atom stereocenters. The molecule has 474 valence electrons. The Kier molecular flexibility index (Phi) is 23.8. The minimum absolute atomic E-state index is 0.0434. The third-order valence-corrected chi connectivity index (χ3v) is 15.8. The number of methoxy groups -OCH3 is 1. The Bertz CT molecular complexity index is 2510. The first kappa shape index (κ1) is 68.2. The molecule has 5 saturated heterocycles. The van der Waals surface area contributed by atoms with Crippen LogP contribution in [-0.2, 0) is 115 Å². The maximum atomic E-state index is 12.8. The van der Waals surface area contributed by atoms with Crippen molar-refractivity contribution >= 4 is 47.6 Å². The maximum absolute atomic E-state index is 12.8. The van der Waals surface area contributed by atoms with Gasteiger partial charge < -0.3 is 111 Å². The molecule has 0 bridgehead atoms. The number of aliphatic carboxylic acids is 1. The molecular weight excluding hydrogens is 1200 g/mol. The molecule has 5 aliphatic heterocycles. The number of hydrogen-bond acceptors (Lipinski definition) is 34. The van der Waals surface area contributed by atoms with Crippen LogP contribution < -0.4 is 22.7 Å². The van der Waals surface area contributed by atoms with Gasteiger partial charge in [-0.2, -0.15) is 33.7 Å². The number of carboxylic acid groups (broad SMARTS) is 1. The molecule has 5 heterocycles. The molecule has 17 N–H and O–H groups in total. The zero-order valence-electron chi connectivity index (χ0n) is 42.4. The number of carbonyl (C=O) groups is 1. The number of nitrogens with one attached hydrogen (secondary N) is 1. The summed E-state index contributed by atoms with van der Waals surface area (Å²) in [4.78, 5) is 12.8. The standard InChI is InChI=1S/C38H67N4O35S4/c1-12-17(39)35(74-29-24(47)30(77-81(60,61)62)38(76-32(29)42-50)72-27-16(11-67-80(57,58)59)68-34(63-2)18(40)21(27)44)69-14(9-65-78(51,52)53)25(12)71-37-23(46)22(45)28(31(75-37)33(48)49)73-36-19(41)20(43)26(15(70-36)10-66-79(54,55)56)64-8-13-6-4-3-5-7-13/h12-32,34-38,42-47H,3-11,39-41H2,1-2H3,(H,48,49)(H,51,52,53)(H,54,55,56)(H,57,58,59)(H,60,61,62)/q-1/t12-,14?,15?,16?,17?,18?,19?,20-,21-,22-,23?,24?,25+,26-,27-,28+,29+,30?,31?,32-,34+,35-,36-,37-,38-/m1/s1. The topological polar surface area (TPSA) is 608 Å². The highest BCUT2D eigenvalue weighted by atomic mass is 32.3. The summed E-state index contributed by atoms with van der Waals surface area (Å²) in [5, 5.41) is 79.7. The molecule has 6 aliphatic rings. The lowest BCUT2D eigenvalue weighted by atomic mass is 9.88. The van der Waals surface area contributed by atoms with Crippen LogP contribution in [-0.4, -0.2) is 269 Å². The van der Waals surface area contributed by atoms with Crippen LogP contribution in [0.2, 0.25) is 0 Å². The van der Waals surface area contributed by atoms with E-state index >= 15 is 0 Å². The molecule has 0 amide bonds. The zero-order chi connectivity index (χ0) is 60.3. The summed E-state index contributed by atoms with van der Waals surface area (Å²) in [7, 11) is -20.3. The second kappa shape index (κ2) is 28.3. The number of nitrogens with two attached hydrogens (primary N) is 3. The monoisotopic (exact) mass is 1270 g/mol. The second-order valence-electron chi connectivity index (χ2n) is 19.5. The van der Waals surface area contributed by atoms with Crippen LogP contribution in [0.15, 0.2) is 0 Å². The normalized spacial score (nSPS) is 42.6. The van der Waals surface area contributed by atoms with Gasteiger partial charge in [0.1, 0.15) is 79.5 Å². The Morgan fingerprint density at radius 1 is 0.531 bits per heavy atom. The molecule has 6 fully saturated rings. The highest BCUT2D eigenvalue weighted by Crippen LogP contribution is 2.38. The fourth-order valence-corrected chi connectivity index (χ4v) is 11.3. The van der Waals surface area contributed by atoms with Gasteiger partial charge in [0.15, 0.2) is 43.7 Å². The minimum atomic E-state index is -5.68. The van der Waals surface area contributed by atoms with Crippen LogP contribution in [0, 0.1) is 17.0 Å². The maximum Gasteiger partial charge on any atom is 0.397 e. The van der Waals surface area contributed by atoms with E-state index < -0.39 is 221 Å². The predicted octanol–water partition coefficient (Wildman–Crippen LogP) is -8.04. The summed E-state index contributed by atoms with van der Waals surface area (Å²) >= 11 is 0. The number of hydrogen-bond donors (Lipinski definition) is 14. The first-order valence-electron chi connectivity index (χ1n) is 24.4. The van der Waals surface area contributed by atoms with Gasteiger partial charge in [0.2, 0.25) is 0 Å². The first-order valence-corrected chi connectivity index (χ1v) is 29.9. The Hall–Kier alpha value is -1.89. The molecule has 0 aromatic rings. The summed E-state index contributed by atoms with van der Waals surface area (Å²) in [6.07, 6.45) is -39.2. The third kappa shape index (κ3) is 18.1. The lowest BCUT2D eigenvalue weighted by Gasteiger charge is -2.51. The van der Waals surface area contributed by atoms with Gasteiger partial charge in [0, 0.05) is 13.0 Å². The molecule has 0 aromatic carbocycles. The van der Waals surface area contributed by atoms with Crippen molar-refractivity contribution in [1.82, 2.24) is 5.48 Å². The van der Waals surface area contributed by atoms with Gasteiger partial charge >= 0.3 is 47.6 Å². The van der Waals surface area contributed by atoms with Gasteiger partial charge in [-0.1, -0.05) is 26.2 Å². The van der Waals surface area contributed by atoms with Crippen molar-refractivity contribution in [1.29, 1.82) is 0 Å². The van der Waals surface area contributed by atoms with E-state index in [0.29, 0.717) is 0 Å². The Balaban J connectivity index is 1.20. The van der Waals surface area contributed by atoms with E-state index in [9.17, 15) is 92.5 Å². The van der Waals surface area contributed by atoms with Crippen LogP contribution in [0.25, 0.3) is 0 Å². The molecule has 81 heavy (non-hydrogen) atoms. The van der Waals surface area contributed by atoms with Crippen molar-refractivity contribution < 1.29 is 156 Å². The van der Waals surface area contributed by atoms with Crippen LogP contribution in [0.5, 0.6) is 0 Å². The van der Waals surface area contributed by atoms with Crippen molar-refractivity contribution in [3.63, 3.8) is 0 Å². The number of ether oxygens (including phenoxy) is 11. The average Bonchev–Trinajstić information content (AvgIpc) is 3.37. The van der Waals surface area contributed by atoms with Gasteiger partial charge in [-0.05, 0) is 18.8 Å². The Morgan fingerprint density at radius 3 is 1.52 bits per heavy atom. The minimum Gasteiger partial charge on any atom is -0.786 e. The van der Waals surface area contributed by atoms with E-state index in [0.717, 1.165) is 39.2 Å². The van der Waals surface area contributed by atoms with Gasteiger partial charge in [0.25, 0.3) is 0 Å². The van der Waals surface area contributed by atoms with Gasteiger partial charge in [-0.15, -0.1) is 0 Å². The van der Waals surface area contributed by atoms with Crippen LogP contribution >= 0.6 is 0 Å². The van der Waals surface area contributed by atoms with E-state index in [2.05, 4.69) is 16.7 Å². The number of aliphatic hydroxyl groups is 5. The SMILES string of the molecule is CO[C@H]1OC(COS(=O)(=O)O)[C@@H](O[C@@H]2O[C@@H](N[O-])[C@@H](O[C@H]3OC(COS(=O)(=O)O)[C@@H](O[C@@H]4OC(C(=O)O)[C@@H](O[C@H]5OC(COS(=O)(=O)O)[C@@H](OCC6CCCCC6)[C@H](O)C5N)[C@H](O)C4O)[C@H](C)C3N)C(O)C2OS(=O)(=O)O)[C@H](O)C1N. The van der Waals surface area contributed by atoms with Crippen molar-refractivity contribution in [2.45, 2.75) is 186 Å². The van der Waals surface area contributed by atoms with E-state index in [1.165, 1.54) is 12.4 Å². The third-order valence-electron chi connectivity index (χ3n) is 14.0. The van der Waals surface area contributed by atoms with Crippen molar-refractivity contribution in [2.24, 2.45) is 29.0 Å². The largest absolute Gasteiger partial charge is 0.786 e. The average molecular weight is 1270 g/mol. The lowest BCUT2D eigenvalue weighted by molar-refractivity contribution is -0.373. The quantitative estimate of drug-likeness (QED) is 0.0298. The summed E-state index contributed by atoms with van der Waals surface area (Å²) in [6, 6.07) is -4.87. The number of aliphatic hydroxyl groups excluding tert-OH is 5. The molecule has 43 heteroatoms. The summed E-state index contributed by atoms with van der Waals surface area (Å²) in [6.45, 7) is -2.14. The highest BCUT2D eigenvalue weighted by molar-refractivity contribution is 7.81. The van der Waals surface area contributed by atoms with Crippen molar-refractivity contribution in [3.8, 4) is 0 Å². The Labute approximate surface area is 462 Å². The fraction of sp³-hybridized carbons (Fsp3) is 0.974. The summed E-state index contributed by atoms with van der Waals surface area (Å²) in [5.41, 5.74) is 20.0. The molecule has 0 radical (unpaired) electrons. The van der Waals surface area contributed by atoms with Gasteiger partial charge in [0.05, 0.1) is 50.7 Å². The van der Waals surface area contributed by atoms with E-state index in [1.54, 1.807) is 0 Å². The fourth-order valence-electron chi connectivity index (χ4n) is 9.88. The van der Waals surface area contributed by atoms with Crippen LogP contribution in [0.4, 0.5) is 0 Å². The molecule has 6 rings (SSSR count). The number of rotatable bonds is 25. The summed E-state index contributed by atoms with van der Waals surface area (Å²) < 4.78 is 212. The molecule has 0 aromatic heterocycles. The van der Waals surface area contributed by atoms with E-state index in [1.807, 2.05) is 0 Å². The first-order chi connectivity index (χ1) is 37.6. The predicted molar refractivity (Wildman–Crippen MR) is 252 cm³/mol. The number of hydroxylamine groups is 1. The van der Waals surface area contributed by atoms with Gasteiger partial charge in [-0.3, -0.25) is 18.2 Å². The molecule has 39 nitrogen and oxygen atoms in total. The highest BCUT2D eigenvalue weighted by Gasteiger charge is 2.58. The second-order valence-corrected chi connectivity index (χ2v) is 23.9. The van der Waals surface area contributed by atoms with E-state index in [4.69, 9.17) is 69.3 Å². The van der Waals surface area contributed by atoms with E-state index in [-0.39, 0.29) is 12.5 Å². The Morgan fingerprint density at radius 2 is 1.00 bits per heavy atom. The molecular formula is C38H67N4O35S4-. The zero-order valence-corrected chi connectivity index (χ0v) is 45.7. The van der Waals surface area contributed by atoms with Crippen molar-refractivity contribution in [3.05, 3.63) is 5.21 Å². The van der Waals surface area contributed by atoms with Gasteiger partial charge in [-0.25, -0.2) is 21.5 Å². The van der Waals surface area contributed by atoms with Crippen molar-refractivity contribution in [2.75, 3.05) is 33.5 Å². The number of carboxylic acids is 1. The molecule has 1 aliphatic carbocycles. The smallest absolute Gasteiger partial charge is 0.397 e. The molecule has 0 spiro atoms.